The zero-order valence-electron chi connectivity index (χ0n) is 20.1. The molecule has 0 bridgehead atoms. The number of unbranched alkanes of at least 4 members (excludes halogenated alkanes) is 5. The quantitative estimate of drug-likeness (QED) is 0.286. The Hall–Kier alpha value is -2.27. The fourth-order valence-corrected chi connectivity index (χ4v) is 5.19. The summed E-state index contributed by atoms with van der Waals surface area (Å²) in [4.78, 5) is 20.7. The van der Waals surface area contributed by atoms with E-state index in [9.17, 15) is 4.79 Å². The lowest BCUT2D eigenvalue weighted by Crippen LogP contribution is -2.34. The van der Waals surface area contributed by atoms with Gasteiger partial charge < -0.3 is 4.90 Å². The van der Waals surface area contributed by atoms with Crippen LogP contribution in [0.25, 0.3) is 17.0 Å². The summed E-state index contributed by atoms with van der Waals surface area (Å²) < 4.78 is 4.01. The number of aromatic nitrogens is 3. The molecule has 33 heavy (non-hydrogen) atoms. The van der Waals surface area contributed by atoms with E-state index in [1.807, 2.05) is 36.5 Å². The molecular weight excluding hydrogens is 432 g/mol. The van der Waals surface area contributed by atoms with E-state index in [-0.39, 0.29) is 5.56 Å². The molecule has 0 saturated carbocycles. The molecule has 1 aromatic carbocycles. The first-order chi connectivity index (χ1) is 16.1. The van der Waals surface area contributed by atoms with E-state index in [0.29, 0.717) is 11.1 Å². The van der Waals surface area contributed by atoms with Gasteiger partial charge in [-0.05, 0) is 37.8 Å². The van der Waals surface area contributed by atoms with E-state index in [4.69, 9.17) is 16.6 Å². The summed E-state index contributed by atoms with van der Waals surface area (Å²) in [5, 5.41) is 0.697. The van der Waals surface area contributed by atoms with Gasteiger partial charge in [0.05, 0.1) is 5.69 Å². The predicted molar refractivity (Wildman–Crippen MR) is 139 cm³/mol. The van der Waals surface area contributed by atoms with Gasteiger partial charge in [0.2, 0.25) is 5.78 Å². The molecule has 2 aromatic heterocycles. The van der Waals surface area contributed by atoms with E-state index in [0.717, 1.165) is 42.4 Å². The van der Waals surface area contributed by atoms with Gasteiger partial charge in [0.25, 0.3) is 5.56 Å². The second kappa shape index (κ2) is 11.2. The van der Waals surface area contributed by atoms with Gasteiger partial charge in [0.15, 0.2) is 0 Å². The average molecular weight is 469 g/mol. The number of aryl methyl sites for hydroxylation is 1. The fraction of sp³-hybridized carbons (Fsp3) is 0.556. The van der Waals surface area contributed by atoms with Crippen LogP contribution in [-0.4, -0.2) is 26.5 Å². The number of fused-ring (bicyclic) bond motifs is 1. The summed E-state index contributed by atoms with van der Waals surface area (Å²) in [6.07, 6.45) is 14.0. The normalized spacial score (nSPS) is 16.2. The highest BCUT2D eigenvalue weighted by molar-refractivity contribution is 6.30. The van der Waals surface area contributed by atoms with Crippen LogP contribution < -0.4 is 10.5 Å². The van der Waals surface area contributed by atoms with E-state index < -0.39 is 0 Å². The molecule has 0 amide bonds. The van der Waals surface area contributed by atoms with Gasteiger partial charge in [-0.25, -0.2) is 4.98 Å². The third-order valence-electron chi connectivity index (χ3n) is 6.88. The highest BCUT2D eigenvalue weighted by atomic mass is 35.5. The highest BCUT2D eigenvalue weighted by Crippen LogP contribution is 2.30. The molecule has 178 valence electrons. The molecule has 4 rings (SSSR count). The van der Waals surface area contributed by atoms with E-state index >= 15 is 0 Å². The van der Waals surface area contributed by atoms with Crippen LogP contribution in [0.3, 0.4) is 0 Å². The van der Waals surface area contributed by atoms with Crippen molar-refractivity contribution in [3.8, 4) is 11.3 Å². The molecule has 3 aromatic rings. The molecule has 1 aliphatic heterocycles. The monoisotopic (exact) mass is 468 g/mol. The number of hydrogen-bond donors (Lipinski definition) is 0. The zero-order valence-corrected chi connectivity index (χ0v) is 20.9. The van der Waals surface area contributed by atoms with Crippen molar-refractivity contribution in [1.29, 1.82) is 0 Å². The molecule has 0 N–H and O–H groups in total. The molecule has 1 fully saturated rings. The lowest BCUT2D eigenvalue weighted by Gasteiger charge is -2.30. The van der Waals surface area contributed by atoms with Crippen LogP contribution in [0.2, 0.25) is 5.02 Å². The summed E-state index contributed by atoms with van der Waals surface area (Å²) >= 11 is 6.07. The van der Waals surface area contributed by atoms with Crippen molar-refractivity contribution in [2.45, 2.75) is 90.6 Å². The Labute approximate surface area is 202 Å². The predicted octanol–water partition coefficient (Wildman–Crippen LogP) is 6.95. The average Bonchev–Trinajstić information content (AvgIpc) is 3.46. The van der Waals surface area contributed by atoms with Gasteiger partial charge in [-0.15, -0.1) is 0 Å². The van der Waals surface area contributed by atoms with Crippen molar-refractivity contribution < 1.29 is 0 Å². The van der Waals surface area contributed by atoms with Crippen molar-refractivity contribution in [2.75, 3.05) is 11.4 Å². The first kappa shape index (κ1) is 23.9. The maximum Gasteiger partial charge on any atom is 0.261 e. The van der Waals surface area contributed by atoms with E-state index in [2.05, 4.69) is 23.3 Å². The Balaban J connectivity index is 1.72. The lowest BCUT2D eigenvalue weighted by molar-refractivity contribution is 0.531. The SMILES string of the molecule is CCCCCCC1CCCN1c1cc(=O)n2cc(-c3ccc(Cl)cc3)nc2n1CCCCC. The van der Waals surface area contributed by atoms with Crippen LogP contribution in [0, 0.1) is 0 Å². The summed E-state index contributed by atoms with van der Waals surface area (Å²) in [5.74, 6) is 1.80. The maximum absolute atomic E-state index is 13.2. The highest BCUT2D eigenvalue weighted by Gasteiger charge is 2.27. The minimum Gasteiger partial charge on any atom is -0.355 e. The zero-order chi connectivity index (χ0) is 23.2. The van der Waals surface area contributed by atoms with Gasteiger partial charge in [-0.2, -0.15) is 0 Å². The molecule has 0 aliphatic carbocycles. The molecule has 0 radical (unpaired) electrons. The number of nitrogens with zero attached hydrogens (tertiary/aromatic N) is 4. The molecule has 1 aliphatic rings. The topological polar surface area (TPSA) is 42.5 Å². The van der Waals surface area contributed by atoms with Crippen molar-refractivity contribution in [3.05, 3.63) is 51.9 Å². The number of rotatable bonds is 11. The Morgan fingerprint density at radius 2 is 1.79 bits per heavy atom. The molecule has 1 unspecified atom stereocenters. The summed E-state index contributed by atoms with van der Waals surface area (Å²) in [6, 6.07) is 10.0. The minimum absolute atomic E-state index is 0.00362. The smallest absolute Gasteiger partial charge is 0.261 e. The van der Waals surface area contributed by atoms with Gasteiger partial charge in [0.1, 0.15) is 5.82 Å². The van der Waals surface area contributed by atoms with Crippen LogP contribution in [0.5, 0.6) is 0 Å². The second-order valence-corrected chi connectivity index (χ2v) is 9.78. The molecule has 1 saturated heterocycles. The Bertz CT molecular complexity index is 1100. The third-order valence-corrected chi connectivity index (χ3v) is 7.13. The Morgan fingerprint density at radius 3 is 2.55 bits per heavy atom. The van der Waals surface area contributed by atoms with Crippen LogP contribution in [-0.2, 0) is 6.54 Å². The van der Waals surface area contributed by atoms with Crippen LogP contribution in [0.15, 0.2) is 41.3 Å². The van der Waals surface area contributed by atoms with Crippen LogP contribution >= 0.6 is 11.6 Å². The van der Waals surface area contributed by atoms with Crippen molar-refractivity contribution >= 4 is 23.2 Å². The molecule has 0 spiro atoms. The third kappa shape index (κ3) is 5.46. The number of halogens is 1. The molecule has 1 atom stereocenters. The minimum atomic E-state index is -0.00362. The first-order valence-corrected chi connectivity index (χ1v) is 13.2. The lowest BCUT2D eigenvalue weighted by atomic mass is 10.1. The van der Waals surface area contributed by atoms with Crippen molar-refractivity contribution in [2.24, 2.45) is 0 Å². The van der Waals surface area contributed by atoms with Gasteiger partial charge in [0, 0.05) is 42.0 Å². The maximum atomic E-state index is 13.2. The number of benzene rings is 1. The van der Waals surface area contributed by atoms with Crippen LogP contribution in [0.4, 0.5) is 5.82 Å². The fourth-order valence-electron chi connectivity index (χ4n) is 5.06. The number of imidazole rings is 1. The van der Waals surface area contributed by atoms with E-state index in [1.165, 1.54) is 57.8 Å². The first-order valence-electron chi connectivity index (χ1n) is 12.8. The van der Waals surface area contributed by atoms with Crippen LogP contribution in [0.1, 0.15) is 78.1 Å². The van der Waals surface area contributed by atoms with Gasteiger partial charge in [-0.1, -0.05) is 76.1 Å². The van der Waals surface area contributed by atoms with Gasteiger partial charge in [-0.3, -0.25) is 13.8 Å². The number of anilines is 1. The second-order valence-electron chi connectivity index (χ2n) is 9.34. The molecular formula is C27H37ClN4O. The van der Waals surface area contributed by atoms with Crippen molar-refractivity contribution in [1.82, 2.24) is 14.0 Å². The Morgan fingerprint density at radius 1 is 1.03 bits per heavy atom. The largest absolute Gasteiger partial charge is 0.355 e. The summed E-state index contributed by atoms with van der Waals surface area (Å²) in [7, 11) is 0. The Kier molecular flexibility index (Phi) is 8.13. The summed E-state index contributed by atoms with van der Waals surface area (Å²) in [5.41, 5.74) is 1.78. The summed E-state index contributed by atoms with van der Waals surface area (Å²) in [6.45, 7) is 6.38. The number of hydrogen-bond acceptors (Lipinski definition) is 3. The molecule has 5 nitrogen and oxygen atoms in total. The van der Waals surface area contributed by atoms with Crippen molar-refractivity contribution in [3.63, 3.8) is 0 Å². The molecule has 3 heterocycles. The van der Waals surface area contributed by atoms with Gasteiger partial charge >= 0.3 is 0 Å². The standard InChI is InChI=1S/C27H37ClN4O/c1-3-5-7-8-11-23-12-10-18-30(23)25-19-26(33)32-20-24(21-13-15-22(28)16-14-21)29-27(32)31(25)17-9-6-4-2/h13-16,19-20,23H,3-12,17-18H2,1-2H3. The molecule has 6 heteroatoms. The van der Waals surface area contributed by atoms with E-state index in [1.54, 1.807) is 4.40 Å².